The van der Waals surface area contributed by atoms with Crippen molar-refractivity contribution >= 4 is 22.7 Å². The number of methoxy groups -OCH3 is 1. The van der Waals surface area contributed by atoms with Gasteiger partial charge >= 0.3 is 0 Å². The molecule has 1 saturated carbocycles. The van der Waals surface area contributed by atoms with Crippen molar-refractivity contribution in [2.24, 2.45) is 5.92 Å². The van der Waals surface area contributed by atoms with Gasteiger partial charge < -0.3 is 25.0 Å². The lowest BCUT2D eigenvalue weighted by atomic mass is 9.86. The van der Waals surface area contributed by atoms with Crippen molar-refractivity contribution < 1.29 is 9.47 Å². The van der Waals surface area contributed by atoms with Gasteiger partial charge in [-0.1, -0.05) is 18.2 Å². The lowest BCUT2D eigenvalue weighted by Crippen LogP contribution is -2.31. The first kappa shape index (κ1) is 24.1. The minimum absolute atomic E-state index is 0.419. The number of hydrogen-bond acceptors (Lipinski definition) is 7. The molecular formula is C27H37N5O2. The van der Waals surface area contributed by atoms with Crippen molar-refractivity contribution in [2.45, 2.75) is 45.2 Å². The van der Waals surface area contributed by atoms with Crippen LogP contribution in [0.25, 0.3) is 10.9 Å². The van der Waals surface area contributed by atoms with Crippen LogP contribution in [-0.2, 0) is 6.54 Å². The van der Waals surface area contributed by atoms with E-state index in [1.54, 1.807) is 7.11 Å². The quantitative estimate of drug-likeness (QED) is 0.445. The van der Waals surface area contributed by atoms with Crippen molar-refractivity contribution in [3.05, 3.63) is 48.0 Å². The standard InChI is InChI=1S/C27H37N5O2/c1-5-34-24-15-12-20(16-25(24)33-4)18-28-17-19-10-13-21(14-11-19)29-27-30-23-9-7-6-8-22(23)26(31-27)32(2)3/h6-9,12,15-16,19,21,28H,5,10-11,13-14,17-18H2,1-4H3,(H,29,30,31). The highest BCUT2D eigenvalue weighted by molar-refractivity contribution is 5.90. The fourth-order valence-electron chi connectivity index (χ4n) is 4.68. The Kier molecular flexibility index (Phi) is 8.06. The predicted molar refractivity (Wildman–Crippen MR) is 139 cm³/mol. The van der Waals surface area contributed by atoms with Gasteiger partial charge in [0, 0.05) is 32.1 Å². The number of aromatic nitrogens is 2. The molecule has 1 aromatic heterocycles. The van der Waals surface area contributed by atoms with Crippen molar-refractivity contribution in [2.75, 3.05) is 44.6 Å². The van der Waals surface area contributed by atoms with Crippen LogP contribution >= 0.6 is 0 Å². The second-order valence-electron chi connectivity index (χ2n) is 9.19. The molecule has 1 fully saturated rings. The molecule has 0 radical (unpaired) electrons. The van der Waals surface area contributed by atoms with E-state index >= 15 is 0 Å². The van der Waals surface area contributed by atoms with E-state index in [0.29, 0.717) is 18.6 Å². The molecule has 0 saturated heterocycles. The number of nitrogens with zero attached hydrogens (tertiary/aromatic N) is 3. The topological polar surface area (TPSA) is 71.5 Å². The summed E-state index contributed by atoms with van der Waals surface area (Å²) in [6, 6.07) is 14.8. The van der Waals surface area contributed by atoms with Crippen LogP contribution in [0.4, 0.5) is 11.8 Å². The summed E-state index contributed by atoms with van der Waals surface area (Å²) in [6.45, 7) is 4.48. The third-order valence-corrected chi connectivity index (χ3v) is 6.48. The Morgan fingerprint density at radius 1 is 1.00 bits per heavy atom. The molecule has 2 N–H and O–H groups in total. The van der Waals surface area contributed by atoms with Gasteiger partial charge in [0.2, 0.25) is 5.95 Å². The van der Waals surface area contributed by atoms with Gasteiger partial charge in [0.1, 0.15) is 5.82 Å². The van der Waals surface area contributed by atoms with Crippen molar-refractivity contribution in [3.8, 4) is 11.5 Å². The highest BCUT2D eigenvalue weighted by Crippen LogP contribution is 2.29. The first-order valence-electron chi connectivity index (χ1n) is 12.3. The molecule has 0 unspecified atom stereocenters. The maximum absolute atomic E-state index is 5.61. The minimum atomic E-state index is 0.419. The number of ether oxygens (including phenoxy) is 2. The molecule has 2 aromatic carbocycles. The SMILES string of the molecule is CCOc1ccc(CNCC2CCC(Nc3nc(N(C)C)c4ccccc4n3)CC2)cc1OC. The van der Waals surface area contributed by atoms with Gasteiger partial charge in [-0.15, -0.1) is 0 Å². The molecule has 0 spiro atoms. The highest BCUT2D eigenvalue weighted by atomic mass is 16.5. The summed E-state index contributed by atoms with van der Waals surface area (Å²) in [7, 11) is 5.74. The maximum atomic E-state index is 5.61. The number of anilines is 2. The van der Waals surface area contributed by atoms with Gasteiger partial charge in [0.25, 0.3) is 0 Å². The molecule has 4 rings (SSSR count). The Morgan fingerprint density at radius 2 is 1.79 bits per heavy atom. The normalized spacial score (nSPS) is 18.0. The summed E-state index contributed by atoms with van der Waals surface area (Å²) in [6.07, 6.45) is 4.67. The minimum Gasteiger partial charge on any atom is -0.493 e. The predicted octanol–water partition coefficient (Wildman–Crippen LogP) is 4.86. The maximum Gasteiger partial charge on any atom is 0.225 e. The molecule has 0 aliphatic heterocycles. The summed E-state index contributed by atoms with van der Waals surface area (Å²) >= 11 is 0. The van der Waals surface area contributed by atoms with Gasteiger partial charge in [0.15, 0.2) is 11.5 Å². The summed E-state index contributed by atoms with van der Waals surface area (Å²) < 4.78 is 11.1. The first-order chi connectivity index (χ1) is 16.6. The number of benzene rings is 2. The zero-order valence-electron chi connectivity index (χ0n) is 20.8. The smallest absolute Gasteiger partial charge is 0.225 e. The number of rotatable bonds is 10. The summed E-state index contributed by atoms with van der Waals surface area (Å²) in [5.41, 5.74) is 2.19. The third kappa shape index (κ3) is 5.89. The van der Waals surface area contributed by atoms with E-state index in [1.807, 2.05) is 39.2 Å². The first-order valence-corrected chi connectivity index (χ1v) is 12.3. The molecule has 7 heteroatoms. The molecule has 34 heavy (non-hydrogen) atoms. The average molecular weight is 464 g/mol. The van der Waals surface area contributed by atoms with E-state index in [0.717, 1.165) is 60.1 Å². The second kappa shape index (κ2) is 11.4. The van der Waals surface area contributed by atoms with Gasteiger partial charge in [-0.3, -0.25) is 0 Å². The largest absolute Gasteiger partial charge is 0.493 e. The van der Waals surface area contributed by atoms with Crippen LogP contribution < -0.4 is 25.0 Å². The highest BCUT2D eigenvalue weighted by Gasteiger charge is 2.22. The Morgan fingerprint density at radius 3 is 2.53 bits per heavy atom. The number of nitrogens with one attached hydrogen (secondary N) is 2. The second-order valence-corrected chi connectivity index (χ2v) is 9.19. The molecule has 0 atom stereocenters. The number of para-hydroxylation sites is 1. The molecule has 182 valence electrons. The van der Waals surface area contributed by atoms with Crippen LogP contribution in [0.5, 0.6) is 11.5 Å². The van der Waals surface area contributed by atoms with Crippen LogP contribution in [0.15, 0.2) is 42.5 Å². The molecule has 0 amide bonds. The van der Waals surface area contributed by atoms with Crippen LogP contribution in [0.1, 0.15) is 38.2 Å². The summed E-state index contributed by atoms with van der Waals surface area (Å²) in [4.78, 5) is 11.6. The molecule has 7 nitrogen and oxygen atoms in total. The van der Waals surface area contributed by atoms with Gasteiger partial charge in [0.05, 0.1) is 19.2 Å². The van der Waals surface area contributed by atoms with Gasteiger partial charge in [-0.05, 0) is 74.9 Å². The van der Waals surface area contributed by atoms with Crippen LogP contribution in [0, 0.1) is 5.92 Å². The molecular weight excluding hydrogens is 426 g/mol. The molecule has 1 heterocycles. The third-order valence-electron chi connectivity index (χ3n) is 6.48. The zero-order valence-corrected chi connectivity index (χ0v) is 20.8. The fraction of sp³-hybridized carbons (Fsp3) is 0.481. The molecule has 1 aliphatic rings. The lowest BCUT2D eigenvalue weighted by Gasteiger charge is -2.29. The van der Waals surface area contributed by atoms with Gasteiger partial charge in [-0.2, -0.15) is 4.98 Å². The Bertz CT molecular complexity index is 1080. The lowest BCUT2D eigenvalue weighted by molar-refractivity contribution is 0.310. The van der Waals surface area contributed by atoms with Crippen molar-refractivity contribution in [1.82, 2.24) is 15.3 Å². The van der Waals surface area contributed by atoms with Crippen LogP contribution in [0.2, 0.25) is 0 Å². The van der Waals surface area contributed by atoms with Crippen LogP contribution in [-0.4, -0.2) is 50.4 Å². The zero-order chi connectivity index (χ0) is 23.9. The van der Waals surface area contributed by atoms with Crippen LogP contribution in [0.3, 0.4) is 0 Å². The molecule has 1 aliphatic carbocycles. The number of fused-ring (bicyclic) bond motifs is 1. The van der Waals surface area contributed by atoms with E-state index in [4.69, 9.17) is 19.4 Å². The monoisotopic (exact) mass is 463 g/mol. The van der Waals surface area contributed by atoms with Crippen molar-refractivity contribution in [1.29, 1.82) is 0 Å². The van der Waals surface area contributed by atoms with E-state index in [-0.39, 0.29) is 0 Å². The Hall–Kier alpha value is -3.06. The number of hydrogen-bond donors (Lipinski definition) is 2. The van der Waals surface area contributed by atoms with Gasteiger partial charge in [-0.25, -0.2) is 4.98 Å². The summed E-state index contributed by atoms with van der Waals surface area (Å²) in [5, 5.41) is 8.32. The fourth-order valence-corrected chi connectivity index (χ4v) is 4.68. The van der Waals surface area contributed by atoms with E-state index < -0.39 is 0 Å². The van der Waals surface area contributed by atoms with Crippen molar-refractivity contribution in [3.63, 3.8) is 0 Å². The molecule has 3 aromatic rings. The molecule has 0 bridgehead atoms. The summed E-state index contributed by atoms with van der Waals surface area (Å²) in [5.74, 6) is 3.97. The van der Waals surface area contributed by atoms with E-state index in [2.05, 4.69) is 39.8 Å². The van der Waals surface area contributed by atoms with E-state index in [9.17, 15) is 0 Å². The Labute approximate surface area is 202 Å². The van der Waals surface area contributed by atoms with E-state index in [1.165, 1.54) is 18.4 Å². The Balaban J connectivity index is 1.26. The average Bonchev–Trinajstić information content (AvgIpc) is 2.85.